The van der Waals surface area contributed by atoms with Crippen molar-refractivity contribution in [1.82, 2.24) is 10.6 Å². The molecular weight excluding hydrogens is 302 g/mol. The first-order chi connectivity index (χ1) is 11.7. The van der Waals surface area contributed by atoms with Crippen LogP contribution in [0.5, 0.6) is 5.75 Å². The Morgan fingerprint density at radius 1 is 1.29 bits per heavy atom. The van der Waals surface area contributed by atoms with Crippen molar-refractivity contribution in [3.05, 3.63) is 29.8 Å². The Labute approximate surface area is 145 Å². The van der Waals surface area contributed by atoms with Crippen LogP contribution in [0.4, 0.5) is 0 Å². The zero-order valence-electron chi connectivity index (χ0n) is 15.2. The van der Waals surface area contributed by atoms with Crippen LogP contribution in [0.15, 0.2) is 29.3 Å². The predicted octanol–water partition coefficient (Wildman–Crippen LogP) is 2.96. The number of benzene rings is 1. The number of hydrogen-bond donors (Lipinski definition) is 2. The Morgan fingerprint density at radius 3 is 2.88 bits per heavy atom. The van der Waals surface area contributed by atoms with Gasteiger partial charge in [-0.05, 0) is 24.8 Å². The van der Waals surface area contributed by atoms with E-state index in [9.17, 15) is 0 Å². The highest BCUT2D eigenvalue weighted by Crippen LogP contribution is 2.23. The van der Waals surface area contributed by atoms with Gasteiger partial charge in [-0.2, -0.15) is 0 Å². The summed E-state index contributed by atoms with van der Waals surface area (Å²) in [6.07, 6.45) is 5.11. The van der Waals surface area contributed by atoms with E-state index in [1.807, 2.05) is 31.3 Å². The summed E-state index contributed by atoms with van der Waals surface area (Å²) in [5.41, 5.74) is 1.07. The summed E-state index contributed by atoms with van der Waals surface area (Å²) >= 11 is 0. The largest absolute Gasteiger partial charge is 0.496 e. The number of nitrogens with one attached hydrogen (secondary N) is 2. The lowest BCUT2D eigenvalue weighted by molar-refractivity contribution is 0.123. The number of hydrogen-bond acceptors (Lipinski definition) is 3. The lowest BCUT2D eigenvalue weighted by Gasteiger charge is -2.28. The SMILES string of the molecule is CN=C(NCCOCc1ccccc1OC)NC1CCCC(C)C1. The lowest BCUT2D eigenvalue weighted by atomic mass is 9.87. The highest BCUT2D eigenvalue weighted by atomic mass is 16.5. The van der Waals surface area contributed by atoms with Gasteiger partial charge in [-0.1, -0.05) is 38.0 Å². The third kappa shape index (κ3) is 6.04. The normalized spacial score (nSPS) is 21.4. The Morgan fingerprint density at radius 2 is 2.12 bits per heavy atom. The van der Waals surface area contributed by atoms with Gasteiger partial charge in [-0.15, -0.1) is 0 Å². The highest BCUT2D eigenvalue weighted by Gasteiger charge is 2.19. The maximum Gasteiger partial charge on any atom is 0.191 e. The fourth-order valence-corrected chi connectivity index (χ4v) is 3.20. The number of ether oxygens (including phenoxy) is 2. The molecule has 0 saturated heterocycles. The van der Waals surface area contributed by atoms with E-state index in [1.165, 1.54) is 25.7 Å². The molecule has 0 bridgehead atoms. The summed E-state index contributed by atoms with van der Waals surface area (Å²) in [7, 11) is 3.50. The van der Waals surface area contributed by atoms with Crippen molar-refractivity contribution in [3.8, 4) is 5.75 Å². The van der Waals surface area contributed by atoms with E-state index in [1.54, 1.807) is 7.11 Å². The minimum absolute atomic E-state index is 0.537. The molecule has 0 aromatic heterocycles. The molecule has 1 aromatic rings. The van der Waals surface area contributed by atoms with Crippen LogP contribution in [0.1, 0.15) is 38.2 Å². The molecule has 0 spiro atoms. The average Bonchev–Trinajstić information content (AvgIpc) is 2.60. The van der Waals surface area contributed by atoms with Crippen molar-refractivity contribution in [2.24, 2.45) is 10.9 Å². The van der Waals surface area contributed by atoms with Crippen molar-refractivity contribution in [3.63, 3.8) is 0 Å². The van der Waals surface area contributed by atoms with Crippen molar-refractivity contribution >= 4 is 5.96 Å². The standard InChI is InChI=1S/C19H31N3O2/c1-15-7-6-9-17(13-15)22-19(20-2)21-11-12-24-14-16-8-4-5-10-18(16)23-3/h4-5,8,10,15,17H,6-7,9,11-14H2,1-3H3,(H2,20,21,22). The van der Waals surface area contributed by atoms with Crippen molar-refractivity contribution in [1.29, 1.82) is 0 Å². The minimum Gasteiger partial charge on any atom is -0.496 e. The van der Waals surface area contributed by atoms with Crippen LogP contribution >= 0.6 is 0 Å². The van der Waals surface area contributed by atoms with E-state index in [0.717, 1.165) is 29.7 Å². The van der Waals surface area contributed by atoms with Crippen LogP contribution in [-0.2, 0) is 11.3 Å². The van der Waals surface area contributed by atoms with Gasteiger partial charge in [0, 0.05) is 25.2 Å². The molecule has 5 nitrogen and oxygen atoms in total. The monoisotopic (exact) mass is 333 g/mol. The van der Waals surface area contributed by atoms with Gasteiger partial charge in [-0.25, -0.2) is 0 Å². The fraction of sp³-hybridized carbons (Fsp3) is 0.632. The van der Waals surface area contributed by atoms with Gasteiger partial charge >= 0.3 is 0 Å². The molecule has 2 N–H and O–H groups in total. The van der Waals surface area contributed by atoms with Crippen LogP contribution in [0.3, 0.4) is 0 Å². The van der Waals surface area contributed by atoms with Crippen molar-refractivity contribution in [2.75, 3.05) is 27.3 Å². The molecule has 0 heterocycles. The van der Waals surface area contributed by atoms with Gasteiger partial charge in [-0.3, -0.25) is 4.99 Å². The van der Waals surface area contributed by atoms with Crippen LogP contribution in [0, 0.1) is 5.92 Å². The van der Waals surface area contributed by atoms with Crippen LogP contribution < -0.4 is 15.4 Å². The van der Waals surface area contributed by atoms with Gasteiger partial charge in [0.1, 0.15) is 5.75 Å². The van der Waals surface area contributed by atoms with Crippen molar-refractivity contribution < 1.29 is 9.47 Å². The molecule has 2 rings (SSSR count). The number of methoxy groups -OCH3 is 1. The summed E-state index contributed by atoms with van der Waals surface area (Å²) in [5, 5.41) is 6.86. The quantitative estimate of drug-likeness (QED) is 0.458. The molecule has 0 radical (unpaired) electrons. The number of para-hydroxylation sites is 1. The molecule has 1 aliphatic rings. The van der Waals surface area contributed by atoms with Gasteiger partial charge in [0.05, 0.1) is 20.3 Å². The van der Waals surface area contributed by atoms with E-state index in [-0.39, 0.29) is 0 Å². The molecule has 1 fully saturated rings. The van der Waals surface area contributed by atoms with Gasteiger partial charge in [0.15, 0.2) is 5.96 Å². The van der Waals surface area contributed by atoms with Crippen molar-refractivity contribution in [2.45, 2.75) is 45.3 Å². The maximum atomic E-state index is 5.74. The number of nitrogens with zero attached hydrogens (tertiary/aromatic N) is 1. The molecule has 1 aromatic carbocycles. The number of guanidine groups is 1. The van der Waals surface area contributed by atoms with Crippen LogP contribution in [-0.4, -0.2) is 39.3 Å². The molecule has 2 unspecified atom stereocenters. The average molecular weight is 333 g/mol. The second-order valence-corrected chi connectivity index (χ2v) is 6.48. The second-order valence-electron chi connectivity index (χ2n) is 6.48. The summed E-state index contributed by atoms with van der Waals surface area (Å²) < 4.78 is 11.1. The van der Waals surface area contributed by atoms with Gasteiger partial charge < -0.3 is 20.1 Å². The van der Waals surface area contributed by atoms with Crippen LogP contribution in [0.25, 0.3) is 0 Å². The Bertz CT molecular complexity index is 519. The van der Waals surface area contributed by atoms with E-state index < -0.39 is 0 Å². The Hall–Kier alpha value is -1.75. The Kier molecular flexibility index (Phi) is 7.89. The van der Waals surface area contributed by atoms with Gasteiger partial charge in [0.25, 0.3) is 0 Å². The van der Waals surface area contributed by atoms with E-state index >= 15 is 0 Å². The van der Waals surface area contributed by atoms with E-state index in [0.29, 0.717) is 19.3 Å². The maximum absolute atomic E-state index is 5.74. The zero-order chi connectivity index (χ0) is 17.2. The van der Waals surface area contributed by atoms with Gasteiger partial charge in [0.2, 0.25) is 0 Å². The van der Waals surface area contributed by atoms with Crippen LogP contribution in [0.2, 0.25) is 0 Å². The summed E-state index contributed by atoms with van der Waals surface area (Å²) in [4.78, 5) is 4.31. The summed E-state index contributed by atoms with van der Waals surface area (Å²) in [5.74, 6) is 2.54. The molecule has 1 aliphatic carbocycles. The molecule has 24 heavy (non-hydrogen) atoms. The molecule has 5 heteroatoms. The van der Waals surface area contributed by atoms with E-state index in [2.05, 4.69) is 22.5 Å². The molecule has 2 atom stereocenters. The molecule has 1 saturated carbocycles. The van der Waals surface area contributed by atoms with E-state index in [4.69, 9.17) is 9.47 Å². The summed E-state index contributed by atoms with van der Waals surface area (Å²) in [6, 6.07) is 8.47. The third-order valence-electron chi connectivity index (χ3n) is 4.49. The smallest absolute Gasteiger partial charge is 0.191 e. The zero-order valence-corrected chi connectivity index (χ0v) is 15.2. The summed E-state index contributed by atoms with van der Waals surface area (Å²) in [6.45, 7) is 4.24. The minimum atomic E-state index is 0.537. The number of aliphatic imine (C=N–C) groups is 1. The molecule has 134 valence electrons. The first kappa shape index (κ1) is 18.6. The lowest BCUT2D eigenvalue weighted by Crippen LogP contribution is -2.45. The first-order valence-corrected chi connectivity index (χ1v) is 8.89. The Balaban J connectivity index is 1.65. The highest BCUT2D eigenvalue weighted by molar-refractivity contribution is 5.79. The third-order valence-corrected chi connectivity index (χ3v) is 4.49. The first-order valence-electron chi connectivity index (χ1n) is 8.89. The molecule has 0 aliphatic heterocycles. The predicted molar refractivity (Wildman–Crippen MR) is 98.6 cm³/mol. The molecule has 0 amide bonds. The molecular formula is C19H31N3O2. The fourth-order valence-electron chi connectivity index (χ4n) is 3.20. The number of rotatable bonds is 7. The topological polar surface area (TPSA) is 54.9 Å². The second kappa shape index (κ2) is 10.2.